The van der Waals surface area contributed by atoms with Crippen LogP contribution in [0.25, 0.3) is 11.2 Å². The quantitative estimate of drug-likeness (QED) is 0.469. The summed E-state index contributed by atoms with van der Waals surface area (Å²) in [5.41, 5.74) is 2.67. The van der Waals surface area contributed by atoms with E-state index in [1.165, 1.54) is 17.2 Å². The number of imidazole rings is 1. The van der Waals surface area contributed by atoms with Crippen molar-refractivity contribution in [2.24, 2.45) is 0 Å². The van der Waals surface area contributed by atoms with E-state index < -0.39 is 30.1 Å². The van der Waals surface area contributed by atoms with Gasteiger partial charge in [-0.3, -0.25) is 9.99 Å². The highest BCUT2D eigenvalue weighted by Gasteiger charge is 2.47. The second-order valence-electron chi connectivity index (χ2n) is 6.75. The molecule has 4 rings (SSSR count). The van der Waals surface area contributed by atoms with E-state index >= 15 is 0 Å². The minimum Gasteiger partial charge on any atom is -0.387 e. The molecule has 2 aromatic heterocycles. The van der Waals surface area contributed by atoms with Crippen molar-refractivity contribution in [3.05, 3.63) is 12.7 Å². The highest BCUT2D eigenvalue weighted by atomic mass is 35.5. The van der Waals surface area contributed by atoms with Gasteiger partial charge >= 0.3 is 0 Å². The fourth-order valence-corrected chi connectivity index (χ4v) is 3.84. The minimum absolute atomic E-state index is 0.0433. The molecule has 0 bridgehead atoms. The van der Waals surface area contributed by atoms with E-state index in [0.29, 0.717) is 23.6 Å². The van der Waals surface area contributed by atoms with Gasteiger partial charge in [-0.25, -0.2) is 15.0 Å². The Kier molecular flexibility index (Phi) is 5.65. The molecule has 0 amide bonds. The predicted octanol–water partition coefficient (Wildman–Crippen LogP) is -0.212. The molecular weight excluding hydrogens is 392 g/mol. The summed E-state index contributed by atoms with van der Waals surface area (Å²) in [5, 5.41) is 31.9. The Hall–Kier alpha value is -1.60. The van der Waals surface area contributed by atoms with Gasteiger partial charge in [0.05, 0.1) is 6.33 Å². The Morgan fingerprint density at radius 3 is 2.89 bits per heavy atom. The molecule has 6 atom stereocenters. The van der Waals surface area contributed by atoms with E-state index in [0.717, 1.165) is 19.4 Å². The number of nitrogens with one attached hydrogen (secondary N) is 1. The van der Waals surface area contributed by atoms with Gasteiger partial charge in [0.1, 0.15) is 30.9 Å². The van der Waals surface area contributed by atoms with E-state index in [4.69, 9.17) is 21.1 Å². The van der Waals surface area contributed by atoms with Gasteiger partial charge in [-0.1, -0.05) is 11.6 Å². The second kappa shape index (κ2) is 8.03. The van der Waals surface area contributed by atoms with Crippen LogP contribution in [0, 0.1) is 0 Å². The third-order valence-electron chi connectivity index (χ3n) is 4.99. The van der Waals surface area contributed by atoms with Crippen molar-refractivity contribution < 1.29 is 24.8 Å². The van der Waals surface area contributed by atoms with Crippen molar-refractivity contribution >= 4 is 28.6 Å². The molecule has 0 aliphatic carbocycles. The number of fused-ring (bicyclic) bond motifs is 1. The number of anilines is 1. The topological polar surface area (TPSA) is 138 Å². The molecule has 2 fully saturated rings. The molecule has 0 radical (unpaired) electrons. The standard InChI is InChI=1S/C16H23ClN6O5/c1-2-27-8-4-3-5-23(8)21-14-9-15(19-6-18-14)22(7-20-9)16-11(25)10(24)12(28-16)13(17)26/h6-8,10-13,16,24-26H,2-5H2,1H3,(H,18,19,21)/t8?,10-,11+,12-,13?,16+/m0/s1. The van der Waals surface area contributed by atoms with Crippen LogP contribution < -0.4 is 5.43 Å². The summed E-state index contributed by atoms with van der Waals surface area (Å²) in [4.78, 5) is 12.9. The van der Waals surface area contributed by atoms with Gasteiger partial charge in [-0.15, -0.1) is 0 Å². The first-order chi connectivity index (χ1) is 13.5. The molecule has 0 aromatic carbocycles. The lowest BCUT2D eigenvalue weighted by atomic mass is 10.1. The summed E-state index contributed by atoms with van der Waals surface area (Å²) < 4.78 is 12.8. The first-order valence-electron chi connectivity index (χ1n) is 9.17. The van der Waals surface area contributed by atoms with Crippen molar-refractivity contribution in [2.75, 3.05) is 18.6 Å². The Labute approximate surface area is 165 Å². The first kappa shape index (κ1) is 19.7. The Morgan fingerprint density at radius 2 is 2.18 bits per heavy atom. The molecule has 2 aliphatic heterocycles. The zero-order valence-corrected chi connectivity index (χ0v) is 16.0. The summed E-state index contributed by atoms with van der Waals surface area (Å²) in [6.45, 7) is 3.37. The number of alkyl halides is 1. The van der Waals surface area contributed by atoms with Crippen molar-refractivity contribution in [1.82, 2.24) is 24.5 Å². The number of halogens is 1. The van der Waals surface area contributed by atoms with E-state index in [-0.39, 0.29) is 6.23 Å². The molecule has 2 saturated heterocycles. The molecule has 4 N–H and O–H groups in total. The summed E-state index contributed by atoms with van der Waals surface area (Å²) in [7, 11) is 0. The van der Waals surface area contributed by atoms with Gasteiger partial charge in [-0.05, 0) is 19.8 Å². The summed E-state index contributed by atoms with van der Waals surface area (Å²) in [6, 6.07) is 0. The van der Waals surface area contributed by atoms with Gasteiger partial charge in [0.25, 0.3) is 0 Å². The molecule has 0 saturated carbocycles. The highest BCUT2D eigenvalue weighted by Crippen LogP contribution is 2.34. The minimum atomic E-state index is -1.46. The van der Waals surface area contributed by atoms with Gasteiger partial charge in [-0.2, -0.15) is 5.01 Å². The number of aliphatic hydroxyl groups is 3. The van der Waals surface area contributed by atoms with Crippen LogP contribution in [-0.4, -0.2) is 83.1 Å². The monoisotopic (exact) mass is 414 g/mol. The predicted molar refractivity (Wildman–Crippen MR) is 98.1 cm³/mol. The Balaban J connectivity index is 1.61. The van der Waals surface area contributed by atoms with Crippen LogP contribution in [0.15, 0.2) is 12.7 Å². The van der Waals surface area contributed by atoms with E-state index in [2.05, 4.69) is 20.4 Å². The van der Waals surface area contributed by atoms with Gasteiger partial charge in [0.2, 0.25) is 0 Å². The average molecular weight is 415 g/mol. The maximum Gasteiger partial charge on any atom is 0.172 e. The SMILES string of the molecule is CCOC1CCCN1Nc1ncnc2c1ncn2[C@@H]1O[C@H](C(O)Cl)[C@@H](O)[C@H]1O. The van der Waals surface area contributed by atoms with E-state index in [1.807, 2.05) is 11.9 Å². The molecule has 2 aromatic rings. The van der Waals surface area contributed by atoms with Crippen LogP contribution in [0.4, 0.5) is 5.82 Å². The molecule has 4 heterocycles. The van der Waals surface area contributed by atoms with Gasteiger partial charge in [0, 0.05) is 13.2 Å². The van der Waals surface area contributed by atoms with Crippen LogP contribution in [0.2, 0.25) is 0 Å². The second-order valence-corrected chi connectivity index (χ2v) is 7.20. The Morgan fingerprint density at radius 1 is 1.36 bits per heavy atom. The lowest BCUT2D eigenvalue weighted by Crippen LogP contribution is -2.37. The molecule has 11 nitrogen and oxygen atoms in total. The molecule has 0 spiro atoms. The fraction of sp³-hybridized carbons (Fsp3) is 0.688. The number of hydrogen-bond acceptors (Lipinski definition) is 10. The van der Waals surface area contributed by atoms with Crippen molar-refractivity contribution in [3.63, 3.8) is 0 Å². The summed E-state index contributed by atoms with van der Waals surface area (Å²) in [6.07, 6.45) is -0.0709. The Bertz CT molecular complexity index is 822. The van der Waals surface area contributed by atoms with Crippen LogP contribution >= 0.6 is 11.6 Å². The van der Waals surface area contributed by atoms with Gasteiger partial charge < -0.3 is 24.8 Å². The number of ether oxygens (including phenoxy) is 2. The molecule has 2 aliphatic rings. The third kappa shape index (κ3) is 3.43. The lowest BCUT2D eigenvalue weighted by Gasteiger charge is -2.25. The van der Waals surface area contributed by atoms with Crippen LogP contribution in [0.3, 0.4) is 0 Å². The van der Waals surface area contributed by atoms with Crippen LogP contribution in [-0.2, 0) is 9.47 Å². The molecule has 12 heteroatoms. The van der Waals surface area contributed by atoms with Crippen molar-refractivity contribution in [3.8, 4) is 0 Å². The number of rotatable bonds is 6. The molecular formula is C16H23ClN6O5. The smallest absolute Gasteiger partial charge is 0.172 e. The van der Waals surface area contributed by atoms with Crippen LogP contribution in [0.5, 0.6) is 0 Å². The zero-order valence-electron chi connectivity index (χ0n) is 15.2. The lowest BCUT2D eigenvalue weighted by molar-refractivity contribution is -0.0613. The molecule has 28 heavy (non-hydrogen) atoms. The van der Waals surface area contributed by atoms with E-state index in [1.54, 1.807) is 0 Å². The number of hydrogen-bond donors (Lipinski definition) is 4. The number of aliphatic hydroxyl groups excluding tert-OH is 3. The van der Waals surface area contributed by atoms with E-state index in [9.17, 15) is 15.3 Å². The normalized spacial score (nSPS) is 32.2. The molecule has 2 unspecified atom stereocenters. The number of nitrogens with zero attached hydrogens (tertiary/aromatic N) is 5. The van der Waals surface area contributed by atoms with Gasteiger partial charge in [0.15, 0.2) is 28.8 Å². The largest absolute Gasteiger partial charge is 0.387 e. The van der Waals surface area contributed by atoms with Crippen LogP contribution in [0.1, 0.15) is 26.0 Å². The average Bonchev–Trinajstić information content (AvgIpc) is 3.36. The third-order valence-corrected chi connectivity index (χ3v) is 5.23. The van der Waals surface area contributed by atoms with Crippen molar-refractivity contribution in [2.45, 2.75) is 56.1 Å². The number of hydrazine groups is 1. The maximum absolute atomic E-state index is 10.3. The summed E-state index contributed by atoms with van der Waals surface area (Å²) in [5.74, 6) is 0.498. The first-order valence-corrected chi connectivity index (χ1v) is 9.61. The maximum atomic E-state index is 10.3. The van der Waals surface area contributed by atoms with Crippen molar-refractivity contribution in [1.29, 1.82) is 0 Å². The molecule has 154 valence electrons. The summed E-state index contributed by atoms with van der Waals surface area (Å²) >= 11 is 5.63. The highest BCUT2D eigenvalue weighted by molar-refractivity contribution is 6.19. The fourth-order valence-electron chi connectivity index (χ4n) is 3.63. The zero-order chi connectivity index (χ0) is 19.8. The number of aromatic nitrogens is 4.